The predicted molar refractivity (Wildman–Crippen MR) is 139 cm³/mol. The molecule has 0 aliphatic heterocycles. The van der Waals surface area contributed by atoms with Gasteiger partial charge in [-0.1, -0.05) is 56.3 Å². The number of nitrogens with zero attached hydrogens (tertiary/aromatic N) is 2. The average molecular weight is 529 g/mol. The number of carbonyl (C=O) groups excluding carboxylic acids is 2. The predicted octanol–water partition coefficient (Wildman–Crippen LogP) is 6.54. The Bertz CT molecular complexity index is 1070. The SMILES string of the molecule is Cc1ccsc1CN(Cc1ccccc1)C(=O)CN(CC(C)C)C(=O)Nc1ccccc1Br. The van der Waals surface area contributed by atoms with Crippen molar-refractivity contribution >= 4 is 44.9 Å². The quantitative estimate of drug-likeness (QED) is 0.343. The van der Waals surface area contributed by atoms with E-state index in [9.17, 15) is 9.59 Å². The molecule has 0 unspecified atom stereocenters. The van der Waals surface area contributed by atoms with Crippen LogP contribution in [0.2, 0.25) is 0 Å². The monoisotopic (exact) mass is 527 g/mol. The average Bonchev–Trinajstić information content (AvgIpc) is 3.19. The van der Waals surface area contributed by atoms with E-state index in [4.69, 9.17) is 0 Å². The van der Waals surface area contributed by atoms with Gasteiger partial charge in [-0.3, -0.25) is 4.79 Å². The largest absolute Gasteiger partial charge is 0.332 e. The van der Waals surface area contributed by atoms with Crippen LogP contribution in [0.25, 0.3) is 0 Å². The second-order valence-electron chi connectivity index (χ2n) is 8.45. The number of nitrogens with one attached hydrogen (secondary N) is 1. The molecular weight excluding hydrogens is 498 g/mol. The lowest BCUT2D eigenvalue weighted by molar-refractivity contribution is -0.133. The molecule has 0 radical (unpaired) electrons. The van der Waals surface area contributed by atoms with Crippen molar-refractivity contribution in [2.45, 2.75) is 33.9 Å². The second kappa shape index (κ2) is 12.0. The van der Waals surface area contributed by atoms with Crippen molar-refractivity contribution < 1.29 is 9.59 Å². The number of thiophene rings is 1. The molecule has 33 heavy (non-hydrogen) atoms. The van der Waals surface area contributed by atoms with Crippen molar-refractivity contribution in [3.05, 3.63) is 86.5 Å². The van der Waals surface area contributed by atoms with Crippen LogP contribution < -0.4 is 5.32 Å². The van der Waals surface area contributed by atoms with E-state index in [2.05, 4.69) is 34.2 Å². The van der Waals surface area contributed by atoms with Gasteiger partial charge in [0, 0.05) is 22.4 Å². The van der Waals surface area contributed by atoms with E-state index < -0.39 is 0 Å². The summed E-state index contributed by atoms with van der Waals surface area (Å²) in [4.78, 5) is 31.2. The Hall–Kier alpha value is -2.64. The summed E-state index contributed by atoms with van der Waals surface area (Å²) < 4.78 is 0.799. The first-order valence-corrected chi connectivity index (χ1v) is 12.7. The summed E-state index contributed by atoms with van der Waals surface area (Å²) in [6, 6.07) is 19.2. The summed E-state index contributed by atoms with van der Waals surface area (Å²) in [5, 5.41) is 4.98. The molecule has 5 nitrogen and oxygen atoms in total. The van der Waals surface area contributed by atoms with Crippen LogP contribution in [0.4, 0.5) is 10.5 Å². The lowest BCUT2D eigenvalue weighted by atomic mass is 10.2. The number of halogens is 1. The molecule has 1 aromatic heterocycles. The van der Waals surface area contributed by atoms with Crippen LogP contribution in [-0.2, 0) is 17.9 Å². The molecule has 7 heteroatoms. The first-order chi connectivity index (χ1) is 15.8. The summed E-state index contributed by atoms with van der Waals surface area (Å²) in [6.45, 7) is 7.68. The summed E-state index contributed by atoms with van der Waals surface area (Å²) in [7, 11) is 0. The Kier molecular flexibility index (Phi) is 9.09. The van der Waals surface area contributed by atoms with Gasteiger partial charge < -0.3 is 15.1 Å². The minimum absolute atomic E-state index is 0.0196. The van der Waals surface area contributed by atoms with Crippen LogP contribution in [0, 0.1) is 12.8 Å². The third kappa shape index (κ3) is 7.44. The molecule has 174 valence electrons. The molecule has 0 aliphatic carbocycles. The fourth-order valence-corrected chi connectivity index (χ4v) is 4.76. The molecule has 3 rings (SSSR count). The lowest BCUT2D eigenvalue weighted by Gasteiger charge is -2.29. The van der Waals surface area contributed by atoms with Crippen molar-refractivity contribution in [2.24, 2.45) is 5.92 Å². The van der Waals surface area contributed by atoms with Gasteiger partial charge in [0.1, 0.15) is 6.54 Å². The van der Waals surface area contributed by atoms with Crippen molar-refractivity contribution in [3.8, 4) is 0 Å². The molecule has 0 saturated carbocycles. The highest BCUT2D eigenvalue weighted by atomic mass is 79.9. The fraction of sp³-hybridized carbons (Fsp3) is 0.308. The number of amides is 3. The maximum absolute atomic E-state index is 13.5. The Labute approximate surface area is 208 Å². The van der Waals surface area contributed by atoms with E-state index in [1.54, 1.807) is 16.2 Å². The summed E-state index contributed by atoms with van der Waals surface area (Å²) in [6.07, 6.45) is 0. The van der Waals surface area contributed by atoms with E-state index in [1.807, 2.05) is 78.7 Å². The van der Waals surface area contributed by atoms with Gasteiger partial charge in [-0.2, -0.15) is 0 Å². The minimum Gasteiger partial charge on any atom is -0.332 e. The van der Waals surface area contributed by atoms with Crippen molar-refractivity contribution in [1.82, 2.24) is 9.80 Å². The number of hydrogen-bond acceptors (Lipinski definition) is 3. The van der Waals surface area contributed by atoms with E-state index in [0.29, 0.717) is 25.3 Å². The van der Waals surface area contributed by atoms with Gasteiger partial charge in [0.2, 0.25) is 5.91 Å². The zero-order chi connectivity index (χ0) is 23.8. The van der Waals surface area contributed by atoms with Crippen molar-refractivity contribution in [1.29, 1.82) is 0 Å². The van der Waals surface area contributed by atoms with Gasteiger partial charge >= 0.3 is 6.03 Å². The number of anilines is 1. The van der Waals surface area contributed by atoms with Gasteiger partial charge in [-0.15, -0.1) is 11.3 Å². The molecule has 0 spiro atoms. The summed E-state index contributed by atoms with van der Waals surface area (Å²) in [5.41, 5.74) is 2.92. The zero-order valence-corrected chi connectivity index (χ0v) is 21.7. The molecule has 3 aromatic rings. The first-order valence-electron chi connectivity index (χ1n) is 11.0. The Morgan fingerprint density at radius 3 is 2.30 bits per heavy atom. The van der Waals surface area contributed by atoms with E-state index in [1.165, 1.54) is 5.56 Å². The summed E-state index contributed by atoms with van der Waals surface area (Å²) in [5.74, 6) is 0.152. The number of rotatable bonds is 9. The van der Waals surface area contributed by atoms with Gasteiger partial charge in [0.15, 0.2) is 0 Å². The molecule has 0 saturated heterocycles. The van der Waals surface area contributed by atoms with Crippen LogP contribution in [-0.4, -0.2) is 34.8 Å². The van der Waals surface area contributed by atoms with Gasteiger partial charge in [0.05, 0.1) is 12.2 Å². The Morgan fingerprint density at radius 2 is 1.67 bits per heavy atom. The van der Waals surface area contributed by atoms with E-state index >= 15 is 0 Å². The van der Waals surface area contributed by atoms with E-state index in [0.717, 1.165) is 14.9 Å². The fourth-order valence-electron chi connectivity index (χ4n) is 3.46. The number of carbonyl (C=O) groups is 2. The van der Waals surface area contributed by atoms with Crippen LogP contribution >= 0.6 is 27.3 Å². The molecule has 0 aliphatic rings. The minimum atomic E-state index is -0.282. The smallest absolute Gasteiger partial charge is 0.322 e. The van der Waals surface area contributed by atoms with Crippen LogP contribution in [0.15, 0.2) is 70.5 Å². The lowest BCUT2D eigenvalue weighted by Crippen LogP contribution is -2.45. The van der Waals surface area contributed by atoms with Crippen LogP contribution in [0.1, 0.15) is 29.9 Å². The van der Waals surface area contributed by atoms with Crippen LogP contribution in [0.5, 0.6) is 0 Å². The van der Waals surface area contributed by atoms with Gasteiger partial charge in [-0.25, -0.2) is 4.79 Å². The number of hydrogen-bond donors (Lipinski definition) is 1. The highest BCUT2D eigenvalue weighted by Gasteiger charge is 2.23. The van der Waals surface area contributed by atoms with Crippen molar-refractivity contribution in [3.63, 3.8) is 0 Å². The highest BCUT2D eigenvalue weighted by Crippen LogP contribution is 2.22. The maximum Gasteiger partial charge on any atom is 0.322 e. The van der Waals surface area contributed by atoms with Crippen molar-refractivity contribution in [2.75, 3.05) is 18.4 Å². The molecule has 1 N–H and O–H groups in total. The maximum atomic E-state index is 13.5. The third-order valence-corrected chi connectivity index (χ3v) is 6.89. The molecule has 1 heterocycles. The topological polar surface area (TPSA) is 52.7 Å². The number of benzene rings is 2. The molecule has 3 amide bonds. The molecule has 0 atom stereocenters. The van der Waals surface area contributed by atoms with Gasteiger partial charge in [0.25, 0.3) is 0 Å². The second-order valence-corrected chi connectivity index (χ2v) is 10.3. The third-order valence-electron chi connectivity index (χ3n) is 5.19. The van der Waals surface area contributed by atoms with Crippen LogP contribution in [0.3, 0.4) is 0 Å². The molecule has 2 aromatic carbocycles. The molecule has 0 fully saturated rings. The first kappa shape index (κ1) is 25.0. The normalized spacial score (nSPS) is 10.8. The number of aryl methyl sites for hydroxylation is 1. The van der Waals surface area contributed by atoms with E-state index in [-0.39, 0.29) is 24.4 Å². The Balaban J connectivity index is 1.78. The molecular formula is C26H30BrN3O2S. The zero-order valence-electron chi connectivity index (χ0n) is 19.3. The van der Waals surface area contributed by atoms with Gasteiger partial charge in [-0.05, 0) is 63.5 Å². The number of urea groups is 1. The standard InChI is InChI=1S/C26H30BrN3O2S/c1-19(2)15-30(26(32)28-23-12-8-7-11-22(23)27)18-25(31)29(16-21-9-5-4-6-10-21)17-24-20(3)13-14-33-24/h4-14,19H,15-18H2,1-3H3,(H,28,32). The molecule has 0 bridgehead atoms. The Morgan fingerprint density at radius 1 is 0.970 bits per heavy atom. The summed E-state index contributed by atoms with van der Waals surface area (Å²) >= 11 is 5.12. The number of para-hydroxylation sites is 1. The highest BCUT2D eigenvalue weighted by molar-refractivity contribution is 9.10.